The van der Waals surface area contributed by atoms with Crippen LogP contribution in [0.2, 0.25) is 5.02 Å². The lowest BCUT2D eigenvalue weighted by Gasteiger charge is -2.30. The summed E-state index contributed by atoms with van der Waals surface area (Å²) in [7, 11) is 3.09. The number of pyridine rings is 2. The van der Waals surface area contributed by atoms with E-state index in [-0.39, 0.29) is 29.7 Å². The fourth-order valence-corrected chi connectivity index (χ4v) is 4.72. The first-order valence-corrected chi connectivity index (χ1v) is 11.6. The normalized spacial score (nSPS) is 18.2. The van der Waals surface area contributed by atoms with Crippen molar-refractivity contribution in [1.82, 2.24) is 25.0 Å². The summed E-state index contributed by atoms with van der Waals surface area (Å²) in [6.07, 6.45) is 1.26. The number of rotatable bonds is 7. The van der Waals surface area contributed by atoms with Gasteiger partial charge in [0.15, 0.2) is 5.60 Å². The van der Waals surface area contributed by atoms with Crippen molar-refractivity contribution in [3.8, 4) is 11.6 Å². The number of aromatic nitrogens is 5. The Morgan fingerprint density at radius 3 is 2.58 bits per heavy atom. The highest BCUT2D eigenvalue weighted by molar-refractivity contribution is 6.37. The van der Waals surface area contributed by atoms with Gasteiger partial charge in [0, 0.05) is 35.8 Å². The van der Waals surface area contributed by atoms with Crippen LogP contribution in [-0.4, -0.2) is 49.7 Å². The molecule has 1 saturated carbocycles. The Balaban J connectivity index is 1.67. The molecule has 3 aromatic heterocycles. The second kappa shape index (κ2) is 8.63. The second-order valence-electron chi connectivity index (χ2n) is 9.01. The number of ether oxygens (including phenoxy) is 2. The van der Waals surface area contributed by atoms with Crippen LogP contribution in [0.3, 0.4) is 0 Å². The van der Waals surface area contributed by atoms with E-state index in [1.807, 2.05) is 26.0 Å². The van der Waals surface area contributed by atoms with Crippen LogP contribution in [0.15, 0.2) is 36.5 Å². The van der Waals surface area contributed by atoms with E-state index in [1.54, 1.807) is 25.2 Å². The molecule has 11 heteroatoms. The van der Waals surface area contributed by atoms with Gasteiger partial charge in [0.05, 0.1) is 42.1 Å². The molecule has 5 rings (SSSR count). The van der Waals surface area contributed by atoms with E-state index < -0.39 is 17.4 Å². The first-order chi connectivity index (χ1) is 17.1. The lowest BCUT2D eigenvalue weighted by Crippen LogP contribution is -2.32. The monoisotopic (exact) mass is 515 g/mol. The fraction of sp³-hybridized carbons (Fsp3) is 0.360. The molecule has 0 aliphatic heterocycles. The zero-order chi connectivity index (χ0) is 25.8. The molecule has 0 amide bonds. The van der Waals surface area contributed by atoms with Crippen molar-refractivity contribution in [2.24, 2.45) is 13.0 Å². The quantitative estimate of drug-likeness (QED) is 0.391. The highest BCUT2D eigenvalue weighted by Crippen LogP contribution is 2.50. The number of alkyl halides is 2. The molecule has 1 fully saturated rings. The summed E-state index contributed by atoms with van der Waals surface area (Å²) >= 11 is 6.72. The molecule has 1 aliphatic rings. The molecule has 1 aromatic carbocycles. The van der Waals surface area contributed by atoms with Crippen molar-refractivity contribution in [2.75, 3.05) is 13.7 Å². The molecule has 2 atom stereocenters. The van der Waals surface area contributed by atoms with Crippen LogP contribution >= 0.6 is 11.6 Å². The maximum Gasteiger partial charge on any atom is 0.258 e. The van der Waals surface area contributed by atoms with Gasteiger partial charge < -0.3 is 14.6 Å². The first kappa shape index (κ1) is 24.3. The van der Waals surface area contributed by atoms with E-state index >= 15 is 0 Å². The third kappa shape index (κ3) is 3.94. The number of fused-ring (bicyclic) bond motifs is 1. The van der Waals surface area contributed by atoms with Crippen molar-refractivity contribution < 1.29 is 23.4 Å². The summed E-state index contributed by atoms with van der Waals surface area (Å²) in [4.78, 5) is 8.99. The molecule has 4 aromatic rings. The Bertz CT molecular complexity index is 1480. The first-order valence-electron chi connectivity index (χ1n) is 11.3. The van der Waals surface area contributed by atoms with Gasteiger partial charge in [-0.3, -0.25) is 4.98 Å². The summed E-state index contributed by atoms with van der Waals surface area (Å²) in [5.74, 6) is -3.44. The number of hydrogen-bond acceptors (Lipinski definition) is 7. The van der Waals surface area contributed by atoms with E-state index in [9.17, 15) is 13.9 Å². The number of benzene rings is 1. The molecule has 1 aliphatic carbocycles. The van der Waals surface area contributed by atoms with Gasteiger partial charge in [0.25, 0.3) is 11.8 Å². The van der Waals surface area contributed by atoms with Crippen LogP contribution in [0.5, 0.6) is 11.6 Å². The van der Waals surface area contributed by atoms with Crippen molar-refractivity contribution in [2.45, 2.75) is 31.8 Å². The highest BCUT2D eigenvalue weighted by Gasteiger charge is 2.57. The van der Waals surface area contributed by atoms with E-state index in [0.717, 1.165) is 5.69 Å². The minimum absolute atomic E-state index is 0.0745. The van der Waals surface area contributed by atoms with E-state index in [0.29, 0.717) is 33.4 Å². The molecule has 0 saturated heterocycles. The molecule has 0 radical (unpaired) electrons. The second-order valence-corrected chi connectivity index (χ2v) is 9.39. The Morgan fingerprint density at radius 2 is 1.97 bits per heavy atom. The van der Waals surface area contributed by atoms with E-state index in [4.69, 9.17) is 21.1 Å². The Labute approximate surface area is 210 Å². The molecule has 188 valence electrons. The van der Waals surface area contributed by atoms with Crippen molar-refractivity contribution in [3.05, 3.63) is 69.8 Å². The van der Waals surface area contributed by atoms with Gasteiger partial charge in [-0.15, -0.1) is 5.10 Å². The van der Waals surface area contributed by atoms with Gasteiger partial charge >= 0.3 is 0 Å². The standard InChI is InChI=1S/C25H24ClF2N5O3/c1-13-5-7-18(14(2)30-13)25(34,20-11-29-32-33(20)3)15-6-8-19-17(9-15)21(26)22(23(31-19)35-4)36-12-16-10-24(16,27)28/h5-9,11,16,34H,10,12H2,1-4H3/t16?,25-/m0/s1. The van der Waals surface area contributed by atoms with Crippen molar-refractivity contribution in [3.63, 3.8) is 0 Å². The fourth-order valence-electron chi connectivity index (χ4n) is 4.44. The van der Waals surface area contributed by atoms with Crippen LogP contribution in [0.1, 0.15) is 34.6 Å². The van der Waals surface area contributed by atoms with Gasteiger partial charge in [-0.2, -0.15) is 0 Å². The average molecular weight is 516 g/mol. The lowest BCUT2D eigenvalue weighted by atomic mass is 9.82. The maximum atomic E-state index is 13.4. The number of hydrogen-bond donors (Lipinski definition) is 1. The molecule has 3 heterocycles. The maximum absolute atomic E-state index is 13.4. The van der Waals surface area contributed by atoms with Crippen LogP contribution in [0.25, 0.3) is 10.9 Å². The van der Waals surface area contributed by atoms with Gasteiger partial charge in [-0.1, -0.05) is 28.9 Å². The van der Waals surface area contributed by atoms with Gasteiger partial charge in [-0.25, -0.2) is 18.4 Å². The molecule has 1 N–H and O–H groups in total. The van der Waals surface area contributed by atoms with Crippen LogP contribution in [0, 0.1) is 19.8 Å². The summed E-state index contributed by atoms with van der Waals surface area (Å²) in [5, 5.41) is 20.9. The third-order valence-electron chi connectivity index (χ3n) is 6.54. The van der Waals surface area contributed by atoms with Gasteiger partial charge in [-0.05, 0) is 37.6 Å². The summed E-state index contributed by atoms with van der Waals surface area (Å²) in [6, 6.07) is 8.74. The molecule has 36 heavy (non-hydrogen) atoms. The van der Waals surface area contributed by atoms with Crippen molar-refractivity contribution in [1.29, 1.82) is 0 Å². The topological polar surface area (TPSA) is 95.2 Å². The minimum atomic E-state index is -2.73. The van der Waals surface area contributed by atoms with Crippen molar-refractivity contribution >= 4 is 22.5 Å². The predicted octanol–water partition coefficient (Wildman–Crippen LogP) is 4.36. The van der Waals surface area contributed by atoms with Crippen LogP contribution < -0.4 is 9.47 Å². The lowest BCUT2D eigenvalue weighted by molar-refractivity contribution is 0.0850. The van der Waals surface area contributed by atoms with Crippen LogP contribution in [0.4, 0.5) is 8.78 Å². The molecule has 0 bridgehead atoms. The smallest absolute Gasteiger partial charge is 0.258 e. The number of halogens is 3. The SMILES string of the molecule is COc1nc2ccc([C@](O)(c3ccc(C)nc3C)c3cnnn3C)cc2c(Cl)c1OCC1CC1(F)F. The minimum Gasteiger partial charge on any atom is -0.486 e. The number of aryl methyl sites for hydroxylation is 3. The average Bonchev–Trinajstić information content (AvgIpc) is 3.21. The zero-order valence-electron chi connectivity index (χ0n) is 20.1. The summed E-state index contributed by atoms with van der Waals surface area (Å²) < 4.78 is 39.3. The Hall–Kier alpha value is -3.37. The zero-order valence-corrected chi connectivity index (χ0v) is 20.8. The molecular weight excluding hydrogens is 492 g/mol. The van der Waals surface area contributed by atoms with Crippen LogP contribution in [-0.2, 0) is 12.6 Å². The Kier molecular flexibility index (Phi) is 5.83. The molecule has 1 unspecified atom stereocenters. The third-order valence-corrected chi connectivity index (χ3v) is 6.92. The molecule has 8 nitrogen and oxygen atoms in total. The number of nitrogens with zero attached hydrogens (tertiary/aromatic N) is 5. The molecule has 0 spiro atoms. The van der Waals surface area contributed by atoms with Gasteiger partial charge in [0.2, 0.25) is 5.75 Å². The highest BCUT2D eigenvalue weighted by atomic mass is 35.5. The van der Waals surface area contributed by atoms with E-state index in [1.165, 1.54) is 18.0 Å². The molecular formula is C25H24ClF2N5O3. The van der Waals surface area contributed by atoms with E-state index in [2.05, 4.69) is 20.3 Å². The predicted molar refractivity (Wildman–Crippen MR) is 129 cm³/mol. The largest absolute Gasteiger partial charge is 0.486 e. The number of methoxy groups -OCH3 is 1. The summed E-state index contributed by atoms with van der Waals surface area (Å²) in [5.41, 5.74) is 1.66. The number of aliphatic hydroxyl groups is 1. The van der Waals surface area contributed by atoms with Gasteiger partial charge in [0.1, 0.15) is 0 Å². The summed E-state index contributed by atoms with van der Waals surface area (Å²) in [6.45, 7) is 3.47. The Morgan fingerprint density at radius 1 is 1.22 bits per heavy atom.